The van der Waals surface area contributed by atoms with Gasteiger partial charge in [-0.2, -0.15) is 0 Å². The van der Waals surface area contributed by atoms with E-state index in [1.165, 1.54) is 10.9 Å². The number of hydrogen-bond acceptors (Lipinski definition) is 3. The molecule has 0 radical (unpaired) electrons. The topological polar surface area (TPSA) is 34.5 Å². The smallest absolute Gasteiger partial charge is 0.216 e. The Kier molecular flexibility index (Phi) is 3.15. The van der Waals surface area contributed by atoms with Crippen molar-refractivity contribution in [1.29, 1.82) is 0 Å². The zero-order valence-electron chi connectivity index (χ0n) is 13.3. The molecule has 0 spiro atoms. The molecule has 0 saturated heterocycles. The lowest BCUT2D eigenvalue weighted by Gasteiger charge is -2.08. The number of benzene rings is 2. The molecule has 0 amide bonds. The fraction of sp³-hybridized carbons (Fsp3) is 0.200. The Bertz CT molecular complexity index is 907. The zero-order valence-corrected chi connectivity index (χ0v) is 13.3. The Balaban J connectivity index is 1.83. The number of aromatic nitrogens is 1. The fourth-order valence-electron chi connectivity index (χ4n) is 2.93. The van der Waals surface area contributed by atoms with E-state index in [9.17, 15) is 0 Å². The van der Waals surface area contributed by atoms with Crippen molar-refractivity contribution >= 4 is 16.7 Å². The number of rotatable bonds is 2. The molecule has 0 saturated carbocycles. The van der Waals surface area contributed by atoms with Crippen LogP contribution in [0.2, 0.25) is 0 Å². The molecule has 3 heteroatoms. The Morgan fingerprint density at radius 3 is 2.65 bits per heavy atom. The van der Waals surface area contributed by atoms with Crippen LogP contribution in [-0.2, 0) is 4.74 Å². The Morgan fingerprint density at radius 1 is 1.00 bits per heavy atom. The van der Waals surface area contributed by atoms with Crippen molar-refractivity contribution in [2.24, 2.45) is 4.99 Å². The van der Waals surface area contributed by atoms with Gasteiger partial charge in [-0.1, -0.05) is 30.3 Å². The molecule has 2 heterocycles. The lowest BCUT2D eigenvalue weighted by molar-refractivity contribution is 0.279. The minimum atomic E-state index is -0.142. The minimum absolute atomic E-state index is 0.142. The standard InChI is InChI=1S/C20H18N2O/c1-20(2)13-23-19(22-20)15-6-3-5-14(11-15)17-8-4-7-16-12-21-10-9-18(16)17/h3-12H,13H2,1-2H3. The molecule has 1 aliphatic rings. The SMILES string of the molecule is CC1(C)COC(c2cccc(-c3cccc4cnccc34)c2)=N1. The Morgan fingerprint density at radius 2 is 1.83 bits per heavy atom. The average Bonchev–Trinajstić information content (AvgIpc) is 2.94. The third-order valence-corrected chi connectivity index (χ3v) is 4.07. The van der Waals surface area contributed by atoms with Crippen molar-refractivity contribution in [3.05, 3.63) is 66.5 Å². The molecule has 2 aromatic carbocycles. The molecule has 3 nitrogen and oxygen atoms in total. The molecule has 23 heavy (non-hydrogen) atoms. The normalized spacial score (nSPS) is 16.2. The van der Waals surface area contributed by atoms with E-state index in [1.54, 1.807) is 0 Å². The highest BCUT2D eigenvalue weighted by molar-refractivity contribution is 6.00. The van der Waals surface area contributed by atoms with Crippen LogP contribution in [0.3, 0.4) is 0 Å². The van der Waals surface area contributed by atoms with Crippen LogP contribution in [0.25, 0.3) is 21.9 Å². The molecule has 0 fully saturated rings. The summed E-state index contributed by atoms with van der Waals surface area (Å²) in [5, 5.41) is 2.35. The van der Waals surface area contributed by atoms with Crippen molar-refractivity contribution in [3.8, 4) is 11.1 Å². The summed E-state index contributed by atoms with van der Waals surface area (Å²) in [4.78, 5) is 8.88. The van der Waals surface area contributed by atoms with E-state index in [0.717, 1.165) is 22.4 Å². The van der Waals surface area contributed by atoms with Crippen molar-refractivity contribution in [3.63, 3.8) is 0 Å². The van der Waals surface area contributed by atoms with Crippen LogP contribution >= 0.6 is 0 Å². The Hall–Kier alpha value is -2.68. The summed E-state index contributed by atoms with van der Waals surface area (Å²) in [6.45, 7) is 4.80. The Labute approximate surface area is 135 Å². The van der Waals surface area contributed by atoms with Gasteiger partial charge in [0.2, 0.25) is 5.90 Å². The summed E-state index contributed by atoms with van der Waals surface area (Å²) in [6.07, 6.45) is 3.73. The van der Waals surface area contributed by atoms with Gasteiger partial charge in [-0.3, -0.25) is 4.98 Å². The molecule has 1 aliphatic heterocycles. The molecule has 1 aromatic heterocycles. The second-order valence-electron chi connectivity index (χ2n) is 6.50. The molecular formula is C20H18N2O. The van der Waals surface area contributed by atoms with Crippen LogP contribution in [0, 0.1) is 0 Å². The van der Waals surface area contributed by atoms with E-state index in [2.05, 4.69) is 72.4 Å². The third-order valence-electron chi connectivity index (χ3n) is 4.07. The van der Waals surface area contributed by atoms with Crippen LogP contribution in [0.4, 0.5) is 0 Å². The second kappa shape index (κ2) is 5.20. The van der Waals surface area contributed by atoms with Gasteiger partial charge < -0.3 is 4.74 Å². The number of nitrogens with zero attached hydrogens (tertiary/aromatic N) is 2. The van der Waals surface area contributed by atoms with Gasteiger partial charge in [0.15, 0.2) is 0 Å². The molecule has 0 aliphatic carbocycles. The predicted molar refractivity (Wildman–Crippen MR) is 93.7 cm³/mol. The first-order valence-electron chi connectivity index (χ1n) is 7.79. The zero-order chi connectivity index (χ0) is 15.9. The number of hydrogen-bond donors (Lipinski definition) is 0. The van der Waals surface area contributed by atoms with E-state index < -0.39 is 0 Å². The van der Waals surface area contributed by atoms with E-state index >= 15 is 0 Å². The molecule has 3 aromatic rings. The summed E-state index contributed by atoms with van der Waals surface area (Å²) in [5.74, 6) is 0.735. The van der Waals surface area contributed by atoms with Gasteiger partial charge in [0.25, 0.3) is 0 Å². The summed E-state index contributed by atoms with van der Waals surface area (Å²) in [7, 11) is 0. The van der Waals surface area contributed by atoms with Crippen LogP contribution in [0.15, 0.2) is 65.9 Å². The molecule has 0 bridgehead atoms. The molecule has 0 N–H and O–H groups in total. The van der Waals surface area contributed by atoms with Gasteiger partial charge in [-0.05, 0) is 48.6 Å². The van der Waals surface area contributed by atoms with E-state index in [4.69, 9.17) is 4.74 Å². The van der Waals surface area contributed by atoms with Crippen LogP contribution < -0.4 is 0 Å². The molecular weight excluding hydrogens is 284 g/mol. The van der Waals surface area contributed by atoms with Gasteiger partial charge in [0, 0.05) is 23.3 Å². The lowest BCUT2D eigenvalue weighted by Crippen LogP contribution is -2.17. The molecule has 114 valence electrons. The van der Waals surface area contributed by atoms with Gasteiger partial charge in [0.05, 0.1) is 5.54 Å². The monoisotopic (exact) mass is 302 g/mol. The average molecular weight is 302 g/mol. The van der Waals surface area contributed by atoms with Crippen LogP contribution in [0.5, 0.6) is 0 Å². The van der Waals surface area contributed by atoms with Gasteiger partial charge in [-0.25, -0.2) is 4.99 Å². The van der Waals surface area contributed by atoms with Crippen molar-refractivity contribution in [2.75, 3.05) is 6.61 Å². The van der Waals surface area contributed by atoms with Gasteiger partial charge in [0.1, 0.15) is 6.61 Å². The number of aliphatic imine (C=N–C) groups is 1. The van der Waals surface area contributed by atoms with Crippen molar-refractivity contribution < 1.29 is 4.74 Å². The minimum Gasteiger partial charge on any atom is -0.475 e. The summed E-state index contributed by atoms with van der Waals surface area (Å²) in [5.41, 5.74) is 3.25. The third kappa shape index (κ3) is 2.59. The largest absolute Gasteiger partial charge is 0.475 e. The summed E-state index contributed by atoms with van der Waals surface area (Å²) in [6, 6.07) is 16.7. The van der Waals surface area contributed by atoms with Crippen molar-refractivity contribution in [1.82, 2.24) is 4.98 Å². The summed E-state index contributed by atoms with van der Waals surface area (Å²) >= 11 is 0. The van der Waals surface area contributed by atoms with Crippen LogP contribution in [-0.4, -0.2) is 23.0 Å². The molecule has 0 unspecified atom stereocenters. The number of fused-ring (bicyclic) bond motifs is 1. The fourth-order valence-corrected chi connectivity index (χ4v) is 2.93. The molecule has 0 atom stereocenters. The van der Waals surface area contributed by atoms with Gasteiger partial charge in [-0.15, -0.1) is 0 Å². The lowest BCUT2D eigenvalue weighted by atomic mass is 9.98. The first-order chi connectivity index (χ1) is 11.1. The van der Waals surface area contributed by atoms with Crippen molar-refractivity contribution in [2.45, 2.75) is 19.4 Å². The predicted octanol–water partition coefficient (Wildman–Crippen LogP) is 4.46. The highest BCUT2D eigenvalue weighted by atomic mass is 16.5. The highest BCUT2D eigenvalue weighted by Gasteiger charge is 2.27. The van der Waals surface area contributed by atoms with Crippen LogP contribution in [0.1, 0.15) is 19.4 Å². The summed E-state index contributed by atoms with van der Waals surface area (Å²) < 4.78 is 5.77. The first-order valence-corrected chi connectivity index (χ1v) is 7.79. The quantitative estimate of drug-likeness (QED) is 0.700. The maximum Gasteiger partial charge on any atom is 0.216 e. The maximum absolute atomic E-state index is 5.77. The maximum atomic E-state index is 5.77. The second-order valence-corrected chi connectivity index (χ2v) is 6.50. The number of ether oxygens (including phenoxy) is 1. The van der Waals surface area contributed by atoms with E-state index in [-0.39, 0.29) is 5.54 Å². The first kappa shape index (κ1) is 13.9. The van der Waals surface area contributed by atoms with E-state index in [0.29, 0.717) is 6.61 Å². The van der Waals surface area contributed by atoms with E-state index in [1.807, 2.05) is 12.4 Å². The molecule has 4 rings (SSSR count). The number of pyridine rings is 1. The van der Waals surface area contributed by atoms with Gasteiger partial charge >= 0.3 is 0 Å². The highest BCUT2D eigenvalue weighted by Crippen LogP contribution is 2.29.